The molecule has 1 aliphatic rings. The van der Waals surface area contributed by atoms with E-state index in [0.29, 0.717) is 19.7 Å². The van der Waals surface area contributed by atoms with E-state index in [4.69, 9.17) is 4.74 Å². The second kappa shape index (κ2) is 8.12. The van der Waals surface area contributed by atoms with Gasteiger partial charge in [-0.1, -0.05) is 6.92 Å². The molecule has 0 aliphatic carbocycles. The third-order valence-corrected chi connectivity index (χ3v) is 3.15. The normalized spacial score (nSPS) is 17.4. The fourth-order valence-electron chi connectivity index (χ4n) is 2.14. The highest BCUT2D eigenvalue weighted by Gasteiger charge is 2.20. The Morgan fingerprint density at radius 2 is 2.00 bits per heavy atom. The average Bonchev–Trinajstić information content (AvgIpc) is 2.39. The van der Waals surface area contributed by atoms with Crippen LogP contribution in [-0.2, 0) is 14.3 Å². The number of hydrogen-bond acceptors (Lipinski definition) is 5. The van der Waals surface area contributed by atoms with Crippen molar-refractivity contribution in [1.82, 2.24) is 15.1 Å². The van der Waals surface area contributed by atoms with Crippen molar-refractivity contribution in [2.75, 3.05) is 52.9 Å². The van der Waals surface area contributed by atoms with Gasteiger partial charge in [0, 0.05) is 32.7 Å². The molecule has 19 heavy (non-hydrogen) atoms. The second-order valence-electron chi connectivity index (χ2n) is 4.98. The van der Waals surface area contributed by atoms with Gasteiger partial charge in [-0.25, -0.2) is 0 Å². The van der Waals surface area contributed by atoms with Crippen LogP contribution in [0.1, 0.15) is 13.8 Å². The van der Waals surface area contributed by atoms with E-state index in [1.165, 1.54) is 0 Å². The summed E-state index contributed by atoms with van der Waals surface area (Å²) >= 11 is 0. The van der Waals surface area contributed by atoms with Crippen LogP contribution < -0.4 is 5.32 Å². The van der Waals surface area contributed by atoms with Gasteiger partial charge >= 0.3 is 5.97 Å². The summed E-state index contributed by atoms with van der Waals surface area (Å²) in [6.07, 6.45) is 0. The number of piperazine rings is 1. The Hall–Kier alpha value is -1.14. The molecule has 6 nitrogen and oxygen atoms in total. The fraction of sp³-hybridized carbons (Fsp3) is 0.846. The zero-order valence-electron chi connectivity index (χ0n) is 12.1. The summed E-state index contributed by atoms with van der Waals surface area (Å²) in [5.41, 5.74) is 0. The van der Waals surface area contributed by atoms with Crippen molar-refractivity contribution < 1.29 is 14.3 Å². The van der Waals surface area contributed by atoms with E-state index in [0.717, 1.165) is 26.2 Å². The first-order valence-corrected chi connectivity index (χ1v) is 6.88. The summed E-state index contributed by atoms with van der Waals surface area (Å²) in [7, 11) is 1.86. The molecule has 1 amide bonds. The number of carbonyl (C=O) groups excluding carboxylic acids is 2. The van der Waals surface area contributed by atoms with Crippen LogP contribution >= 0.6 is 0 Å². The van der Waals surface area contributed by atoms with Gasteiger partial charge < -0.3 is 15.0 Å². The predicted octanol–water partition coefficient (Wildman–Crippen LogP) is -0.451. The maximum absolute atomic E-state index is 12.0. The van der Waals surface area contributed by atoms with Gasteiger partial charge in [-0.05, 0) is 14.0 Å². The molecule has 1 N–H and O–H groups in total. The minimum Gasteiger partial charge on any atom is -0.466 e. The van der Waals surface area contributed by atoms with Crippen molar-refractivity contribution >= 4 is 11.9 Å². The molecule has 1 fully saturated rings. The van der Waals surface area contributed by atoms with Crippen LogP contribution in [-0.4, -0.2) is 74.6 Å². The van der Waals surface area contributed by atoms with Crippen molar-refractivity contribution in [1.29, 1.82) is 0 Å². The molecule has 110 valence electrons. The molecule has 1 aliphatic heterocycles. The number of ether oxygens (including phenoxy) is 1. The average molecular weight is 271 g/mol. The van der Waals surface area contributed by atoms with E-state index >= 15 is 0 Å². The quantitative estimate of drug-likeness (QED) is 0.663. The summed E-state index contributed by atoms with van der Waals surface area (Å²) < 4.78 is 4.96. The van der Waals surface area contributed by atoms with Crippen molar-refractivity contribution in [2.45, 2.75) is 13.8 Å². The predicted molar refractivity (Wildman–Crippen MR) is 72.7 cm³/mol. The highest BCUT2D eigenvalue weighted by molar-refractivity contribution is 5.78. The number of nitrogens with one attached hydrogen (secondary N) is 1. The lowest BCUT2D eigenvalue weighted by molar-refractivity contribution is -0.148. The topological polar surface area (TPSA) is 61.9 Å². The van der Waals surface area contributed by atoms with Gasteiger partial charge in [-0.3, -0.25) is 14.5 Å². The first-order chi connectivity index (χ1) is 9.04. The summed E-state index contributed by atoms with van der Waals surface area (Å²) in [5.74, 6) is -0.287. The molecular formula is C13H25N3O3. The molecule has 0 bridgehead atoms. The Morgan fingerprint density at radius 3 is 2.58 bits per heavy atom. The third kappa shape index (κ3) is 5.57. The number of nitrogens with zero attached hydrogens (tertiary/aromatic N) is 2. The number of hydrogen-bond donors (Lipinski definition) is 1. The smallest absolute Gasteiger partial charge is 0.309 e. The number of likely N-dealkylation sites (N-methyl/N-ethyl adjacent to an activating group) is 1. The van der Waals surface area contributed by atoms with E-state index in [-0.39, 0.29) is 17.8 Å². The molecule has 0 aromatic carbocycles. The molecule has 1 rings (SSSR count). The van der Waals surface area contributed by atoms with Gasteiger partial charge in [0.2, 0.25) is 5.91 Å². The first kappa shape index (κ1) is 15.9. The molecule has 1 unspecified atom stereocenters. The largest absolute Gasteiger partial charge is 0.466 e. The Morgan fingerprint density at radius 1 is 1.37 bits per heavy atom. The Bertz CT molecular complexity index is 304. The van der Waals surface area contributed by atoms with Crippen LogP contribution in [0.25, 0.3) is 0 Å². The van der Waals surface area contributed by atoms with Crippen molar-refractivity contribution in [3.8, 4) is 0 Å². The van der Waals surface area contributed by atoms with Gasteiger partial charge in [0.15, 0.2) is 0 Å². The SMILES string of the molecule is CCOC(=O)C(C)CN(C)CC(=O)N1CCNCC1. The van der Waals surface area contributed by atoms with E-state index < -0.39 is 0 Å². The fourth-order valence-corrected chi connectivity index (χ4v) is 2.14. The van der Waals surface area contributed by atoms with Gasteiger partial charge in [0.1, 0.15) is 0 Å². The monoisotopic (exact) mass is 271 g/mol. The maximum atomic E-state index is 12.0. The van der Waals surface area contributed by atoms with E-state index in [2.05, 4.69) is 5.32 Å². The molecule has 0 saturated carbocycles. The highest BCUT2D eigenvalue weighted by atomic mass is 16.5. The van der Waals surface area contributed by atoms with Crippen molar-refractivity contribution in [3.63, 3.8) is 0 Å². The summed E-state index contributed by atoms with van der Waals surface area (Å²) in [6, 6.07) is 0. The van der Waals surface area contributed by atoms with Crippen LogP contribution in [0.5, 0.6) is 0 Å². The van der Waals surface area contributed by atoms with E-state index in [1.807, 2.05) is 23.8 Å². The van der Waals surface area contributed by atoms with Crippen molar-refractivity contribution in [2.24, 2.45) is 5.92 Å². The number of rotatable bonds is 6. The lowest BCUT2D eigenvalue weighted by Gasteiger charge is -2.29. The van der Waals surface area contributed by atoms with E-state index in [1.54, 1.807) is 6.92 Å². The lowest BCUT2D eigenvalue weighted by atomic mass is 10.2. The summed E-state index contributed by atoms with van der Waals surface area (Å²) in [5, 5.41) is 3.22. The molecular weight excluding hydrogens is 246 g/mol. The molecule has 0 aromatic rings. The van der Waals surface area contributed by atoms with Crippen LogP contribution in [0, 0.1) is 5.92 Å². The zero-order valence-corrected chi connectivity index (χ0v) is 12.1. The van der Waals surface area contributed by atoms with Crippen LogP contribution in [0.4, 0.5) is 0 Å². The van der Waals surface area contributed by atoms with Crippen LogP contribution in [0.15, 0.2) is 0 Å². The van der Waals surface area contributed by atoms with Crippen LogP contribution in [0.3, 0.4) is 0 Å². The Kier molecular flexibility index (Phi) is 6.80. The first-order valence-electron chi connectivity index (χ1n) is 6.88. The zero-order chi connectivity index (χ0) is 14.3. The number of carbonyl (C=O) groups is 2. The molecule has 6 heteroatoms. The molecule has 0 radical (unpaired) electrons. The minimum atomic E-state index is -0.208. The van der Waals surface area contributed by atoms with Crippen LogP contribution in [0.2, 0.25) is 0 Å². The second-order valence-corrected chi connectivity index (χ2v) is 4.98. The summed E-state index contributed by atoms with van der Waals surface area (Å²) in [4.78, 5) is 27.3. The Labute approximate surface area is 115 Å². The maximum Gasteiger partial charge on any atom is 0.309 e. The molecule has 1 heterocycles. The van der Waals surface area contributed by atoms with Crippen molar-refractivity contribution in [3.05, 3.63) is 0 Å². The summed E-state index contributed by atoms with van der Waals surface area (Å²) in [6.45, 7) is 8.14. The standard InChI is InChI=1S/C13H25N3O3/c1-4-19-13(18)11(2)9-15(3)10-12(17)16-7-5-14-6-8-16/h11,14H,4-10H2,1-3H3. The van der Waals surface area contributed by atoms with Gasteiger partial charge in [0.05, 0.1) is 19.1 Å². The molecule has 1 saturated heterocycles. The van der Waals surface area contributed by atoms with Gasteiger partial charge in [0.25, 0.3) is 0 Å². The van der Waals surface area contributed by atoms with E-state index in [9.17, 15) is 9.59 Å². The third-order valence-electron chi connectivity index (χ3n) is 3.15. The molecule has 1 atom stereocenters. The molecule has 0 aromatic heterocycles. The van der Waals surface area contributed by atoms with Gasteiger partial charge in [-0.2, -0.15) is 0 Å². The molecule has 0 spiro atoms. The number of esters is 1. The Balaban J connectivity index is 2.31. The van der Waals surface area contributed by atoms with Gasteiger partial charge in [-0.15, -0.1) is 0 Å². The highest BCUT2D eigenvalue weighted by Crippen LogP contribution is 2.02. The minimum absolute atomic E-state index is 0.125. The lowest BCUT2D eigenvalue weighted by Crippen LogP contribution is -2.49. The number of amides is 1.